The first-order valence-electron chi connectivity index (χ1n) is 7.89. The van der Waals surface area contributed by atoms with Gasteiger partial charge in [0.1, 0.15) is 0 Å². The Morgan fingerprint density at radius 1 is 1.38 bits per heavy atom. The lowest BCUT2D eigenvalue weighted by Crippen LogP contribution is -2.45. The van der Waals surface area contributed by atoms with E-state index < -0.39 is 0 Å². The number of nitrogens with zero attached hydrogens (tertiary/aromatic N) is 2. The molecule has 0 saturated carbocycles. The number of hydrogen-bond donors (Lipinski definition) is 2. The van der Waals surface area contributed by atoms with Crippen molar-refractivity contribution >= 4 is 11.6 Å². The third-order valence-corrected chi connectivity index (χ3v) is 3.97. The summed E-state index contributed by atoms with van der Waals surface area (Å²) < 4.78 is 0. The number of likely N-dealkylation sites (tertiary alicyclic amines) is 1. The molecule has 1 fully saturated rings. The fourth-order valence-electron chi connectivity index (χ4n) is 2.70. The van der Waals surface area contributed by atoms with Gasteiger partial charge in [0.05, 0.1) is 11.7 Å². The lowest BCUT2D eigenvalue weighted by atomic mass is 10.1. The Balaban J connectivity index is 1.62. The van der Waals surface area contributed by atoms with Crippen LogP contribution >= 0.6 is 0 Å². The number of pyridine rings is 1. The van der Waals surface area contributed by atoms with Crippen LogP contribution in [0.5, 0.6) is 0 Å². The standard InChI is InChI=1S/C16H26N4O/c1-20-12-4-2-3-8-15(20)16(21)19-11-6-10-18-14-7-5-9-17-13-14/h5,7,9,13,15,18H,2-4,6,8,10-12H2,1H3,(H,19,21)/t15-/m0/s1. The Bertz CT molecular complexity index is 424. The largest absolute Gasteiger partial charge is 0.384 e. The van der Waals surface area contributed by atoms with Gasteiger partial charge < -0.3 is 10.6 Å². The zero-order chi connectivity index (χ0) is 14.9. The number of likely N-dealkylation sites (N-methyl/N-ethyl adjacent to an activating group) is 1. The van der Waals surface area contributed by atoms with E-state index in [1.165, 1.54) is 12.8 Å². The van der Waals surface area contributed by atoms with Gasteiger partial charge in [-0.05, 0) is 45.0 Å². The number of carbonyl (C=O) groups excluding carboxylic acids is 1. The summed E-state index contributed by atoms with van der Waals surface area (Å²) in [6.45, 7) is 2.59. The molecule has 0 radical (unpaired) electrons. The van der Waals surface area contributed by atoms with Crippen molar-refractivity contribution in [3.63, 3.8) is 0 Å². The van der Waals surface area contributed by atoms with E-state index in [4.69, 9.17) is 0 Å². The SMILES string of the molecule is CN1CCCCC[C@H]1C(=O)NCCCNc1cccnc1. The summed E-state index contributed by atoms with van der Waals surface area (Å²) in [5.74, 6) is 0.181. The molecule has 1 amide bonds. The van der Waals surface area contributed by atoms with Crippen LogP contribution in [0.2, 0.25) is 0 Å². The van der Waals surface area contributed by atoms with Crippen LogP contribution in [0.25, 0.3) is 0 Å². The minimum Gasteiger partial charge on any atom is -0.384 e. The zero-order valence-electron chi connectivity index (χ0n) is 12.8. The molecule has 0 bridgehead atoms. The summed E-state index contributed by atoms with van der Waals surface area (Å²) in [5.41, 5.74) is 1.02. The van der Waals surface area contributed by atoms with Crippen LogP contribution in [-0.2, 0) is 4.79 Å². The van der Waals surface area contributed by atoms with Gasteiger partial charge in [0.25, 0.3) is 0 Å². The van der Waals surface area contributed by atoms with Crippen LogP contribution < -0.4 is 10.6 Å². The number of anilines is 1. The predicted molar refractivity (Wildman–Crippen MR) is 85.2 cm³/mol. The van der Waals surface area contributed by atoms with Gasteiger partial charge in [-0.2, -0.15) is 0 Å². The molecule has 0 unspecified atom stereocenters. The molecule has 1 aliphatic rings. The normalized spacial score (nSPS) is 19.8. The highest BCUT2D eigenvalue weighted by Crippen LogP contribution is 2.15. The molecule has 1 aliphatic heterocycles. The minimum atomic E-state index is 0.0544. The second-order valence-corrected chi connectivity index (χ2v) is 5.66. The van der Waals surface area contributed by atoms with Crippen molar-refractivity contribution in [3.05, 3.63) is 24.5 Å². The molecule has 5 nitrogen and oxygen atoms in total. The van der Waals surface area contributed by atoms with E-state index in [0.29, 0.717) is 0 Å². The highest BCUT2D eigenvalue weighted by molar-refractivity contribution is 5.81. The monoisotopic (exact) mass is 290 g/mol. The first kappa shape index (κ1) is 15.8. The highest BCUT2D eigenvalue weighted by Gasteiger charge is 2.23. The molecule has 1 aromatic heterocycles. The van der Waals surface area contributed by atoms with E-state index >= 15 is 0 Å². The molecule has 2 rings (SSSR count). The molecule has 1 saturated heterocycles. The maximum absolute atomic E-state index is 12.2. The van der Waals surface area contributed by atoms with Gasteiger partial charge in [-0.25, -0.2) is 0 Å². The molecular formula is C16H26N4O. The lowest BCUT2D eigenvalue weighted by molar-refractivity contribution is -0.126. The van der Waals surface area contributed by atoms with E-state index in [-0.39, 0.29) is 11.9 Å². The maximum atomic E-state index is 12.2. The van der Waals surface area contributed by atoms with Crippen LogP contribution in [0.1, 0.15) is 32.1 Å². The number of aromatic nitrogens is 1. The van der Waals surface area contributed by atoms with Crippen molar-refractivity contribution in [2.75, 3.05) is 32.0 Å². The van der Waals surface area contributed by atoms with Crippen LogP contribution in [0.15, 0.2) is 24.5 Å². The van der Waals surface area contributed by atoms with E-state index in [1.807, 2.05) is 12.1 Å². The molecule has 0 aliphatic carbocycles. The predicted octanol–water partition coefficient (Wildman–Crippen LogP) is 1.87. The number of rotatable bonds is 6. The fraction of sp³-hybridized carbons (Fsp3) is 0.625. The first-order valence-corrected chi connectivity index (χ1v) is 7.89. The van der Waals surface area contributed by atoms with Crippen LogP contribution in [0, 0.1) is 0 Å². The Hall–Kier alpha value is -1.62. The number of nitrogens with one attached hydrogen (secondary N) is 2. The van der Waals surface area contributed by atoms with Crippen molar-refractivity contribution in [2.24, 2.45) is 0 Å². The zero-order valence-corrected chi connectivity index (χ0v) is 12.8. The molecule has 0 aromatic carbocycles. The minimum absolute atomic E-state index is 0.0544. The summed E-state index contributed by atoms with van der Waals surface area (Å²) in [5, 5.41) is 6.35. The molecule has 1 aromatic rings. The summed E-state index contributed by atoms with van der Waals surface area (Å²) >= 11 is 0. The fourth-order valence-corrected chi connectivity index (χ4v) is 2.70. The Labute approximate surface area is 127 Å². The molecule has 5 heteroatoms. The van der Waals surface area contributed by atoms with Crippen LogP contribution in [0.3, 0.4) is 0 Å². The van der Waals surface area contributed by atoms with Crippen LogP contribution in [-0.4, -0.2) is 48.5 Å². The number of carbonyl (C=O) groups is 1. The van der Waals surface area contributed by atoms with E-state index in [2.05, 4.69) is 27.6 Å². The first-order chi connectivity index (χ1) is 10.3. The number of hydrogen-bond acceptors (Lipinski definition) is 4. The Morgan fingerprint density at radius 2 is 2.29 bits per heavy atom. The van der Waals surface area contributed by atoms with Gasteiger partial charge in [-0.3, -0.25) is 14.7 Å². The van der Waals surface area contributed by atoms with Crippen molar-refractivity contribution in [1.82, 2.24) is 15.2 Å². The Morgan fingerprint density at radius 3 is 3.10 bits per heavy atom. The number of amides is 1. The van der Waals surface area contributed by atoms with Crippen molar-refractivity contribution in [3.8, 4) is 0 Å². The second kappa shape index (κ2) is 8.62. The molecule has 2 heterocycles. The summed E-state index contributed by atoms with van der Waals surface area (Å²) in [6.07, 6.45) is 9.06. The van der Waals surface area contributed by atoms with Gasteiger partial charge in [-0.1, -0.05) is 12.8 Å². The summed E-state index contributed by atoms with van der Waals surface area (Å²) in [6, 6.07) is 3.96. The van der Waals surface area contributed by atoms with Crippen molar-refractivity contribution in [2.45, 2.75) is 38.1 Å². The van der Waals surface area contributed by atoms with E-state index in [1.54, 1.807) is 12.4 Å². The van der Waals surface area contributed by atoms with Gasteiger partial charge in [0.15, 0.2) is 0 Å². The molecule has 0 spiro atoms. The van der Waals surface area contributed by atoms with Gasteiger partial charge in [0, 0.05) is 25.5 Å². The quantitative estimate of drug-likeness (QED) is 0.785. The second-order valence-electron chi connectivity index (χ2n) is 5.66. The van der Waals surface area contributed by atoms with Gasteiger partial charge >= 0.3 is 0 Å². The lowest BCUT2D eigenvalue weighted by Gasteiger charge is -2.24. The maximum Gasteiger partial charge on any atom is 0.237 e. The van der Waals surface area contributed by atoms with Crippen molar-refractivity contribution in [1.29, 1.82) is 0 Å². The average molecular weight is 290 g/mol. The van der Waals surface area contributed by atoms with Crippen molar-refractivity contribution < 1.29 is 4.79 Å². The third-order valence-electron chi connectivity index (χ3n) is 3.97. The average Bonchev–Trinajstić information content (AvgIpc) is 2.72. The molecule has 1 atom stereocenters. The molecule has 21 heavy (non-hydrogen) atoms. The van der Waals surface area contributed by atoms with Crippen LogP contribution in [0.4, 0.5) is 5.69 Å². The van der Waals surface area contributed by atoms with Gasteiger partial charge in [-0.15, -0.1) is 0 Å². The molecular weight excluding hydrogens is 264 g/mol. The smallest absolute Gasteiger partial charge is 0.237 e. The van der Waals surface area contributed by atoms with E-state index in [0.717, 1.165) is 44.6 Å². The summed E-state index contributed by atoms with van der Waals surface area (Å²) in [4.78, 5) is 18.5. The molecule has 2 N–H and O–H groups in total. The molecule has 116 valence electrons. The van der Waals surface area contributed by atoms with E-state index in [9.17, 15) is 4.79 Å². The third kappa shape index (κ3) is 5.34. The van der Waals surface area contributed by atoms with Gasteiger partial charge in [0.2, 0.25) is 5.91 Å². The topological polar surface area (TPSA) is 57.3 Å². The Kier molecular flexibility index (Phi) is 6.47. The summed E-state index contributed by atoms with van der Waals surface area (Å²) in [7, 11) is 2.06. The highest BCUT2D eigenvalue weighted by atomic mass is 16.2.